The molecule has 11 heteroatoms. The molecular formula is C17H17N5O6. The first-order valence-electron chi connectivity index (χ1n) is 8.23. The van der Waals surface area contributed by atoms with Crippen molar-refractivity contribution in [1.29, 1.82) is 0 Å². The molecule has 0 aliphatic rings. The van der Waals surface area contributed by atoms with Gasteiger partial charge in [-0.1, -0.05) is 24.3 Å². The van der Waals surface area contributed by atoms with Crippen molar-refractivity contribution < 1.29 is 24.5 Å². The van der Waals surface area contributed by atoms with Gasteiger partial charge in [0.05, 0.1) is 19.4 Å². The number of anilines is 1. The van der Waals surface area contributed by atoms with Gasteiger partial charge in [0.1, 0.15) is 12.1 Å². The van der Waals surface area contributed by atoms with Crippen molar-refractivity contribution in [1.82, 2.24) is 19.5 Å². The maximum absolute atomic E-state index is 12.3. The number of carboxylic acid groups (broad SMARTS) is 2. The molecule has 1 aromatic carbocycles. The Kier molecular flexibility index (Phi) is 5.25. The van der Waals surface area contributed by atoms with Crippen LogP contribution in [-0.4, -0.2) is 48.3 Å². The zero-order valence-electron chi connectivity index (χ0n) is 14.6. The summed E-state index contributed by atoms with van der Waals surface area (Å²) in [6, 6.07) is 6.69. The van der Waals surface area contributed by atoms with Crippen LogP contribution in [0.3, 0.4) is 0 Å². The lowest BCUT2D eigenvalue weighted by molar-refractivity contribution is -0.138. The number of ether oxygens (including phenoxy) is 1. The van der Waals surface area contributed by atoms with E-state index in [0.29, 0.717) is 11.1 Å². The molecule has 11 nitrogen and oxygen atoms in total. The summed E-state index contributed by atoms with van der Waals surface area (Å²) in [4.78, 5) is 44.5. The van der Waals surface area contributed by atoms with Crippen LogP contribution in [0.4, 0.5) is 5.82 Å². The number of fused-ring (bicyclic) bond motifs is 1. The summed E-state index contributed by atoms with van der Waals surface area (Å²) in [5, 5.41) is 17.6. The van der Waals surface area contributed by atoms with Crippen molar-refractivity contribution in [3.63, 3.8) is 0 Å². The van der Waals surface area contributed by atoms with E-state index < -0.39 is 17.6 Å². The monoisotopic (exact) mass is 387 g/mol. The minimum atomic E-state index is -1.03. The maximum Gasteiger partial charge on any atom is 0.328 e. The Morgan fingerprint density at radius 1 is 1.18 bits per heavy atom. The number of H-pyrrole nitrogens is 1. The van der Waals surface area contributed by atoms with E-state index in [-0.39, 0.29) is 49.0 Å². The molecule has 28 heavy (non-hydrogen) atoms. The molecule has 0 aliphatic carbocycles. The fourth-order valence-corrected chi connectivity index (χ4v) is 2.67. The largest absolute Gasteiger partial charge is 0.481 e. The van der Waals surface area contributed by atoms with E-state index in [0.717, 1.165) is 0 Å². The molecule has 0 fully saturated rings. The highest BCUT2D eigenvalue weighted by Crippen LogP contribution is 2.19. The lowest BCUT2D eigenvalue weighted by Crippen LogP contribution is -2.18. The number of benzene rings is 1. The molecule has 0 atom stereocenters. The molecule has 0 spiro atoms. The van der Waals surface area contributed by atoms with E-state index in [1.807, 2.05) is 0 Å². The third-order valence-corrected chi connectivity index (χ3v) is 3.86. The number of aliphatic carboxylic acids is 2. The number of imidazole rings is 1. The van der Waals surface area contributed by atoms with Gasteiger partial charge >= 0.3 is 23.6 Å². The SMILES string of the molecule is Nc1nc(OCCC(=O)O)nc2c1[nH]c(=O)n2Cc1cccc(CC(=O)O)c1. The standard InChI is InChI=1S/C17H17N5O6/c18-14-13-15(21-16(20-14)28-5-4-11(23)24)22(17(27)19-13)8-10-3-1-2-9(6-10)7-12(25)26/h1-3,6H,4-5,7-8H2,(H,19,27)(H,23,24)(H,25,26)(H2,18,20,21). The maximum atomic E-state index is 12.3. The molecule has 0 bridgehead atoms. The molecule has 0 saturated heterocycles. The summed E-state index contributed by atoms with van der Waals surface area (Å²) in [6.07, 6.45) is -0.370. The van der Waals surface area contributed by atoms with Crippen molar-refractivity contribution >= 4 is 28.9 Å². The second-order valence-corrected chi connectivity index (χ2v) is 5.99. The van der Waals surface area contributed by atoms with Gasteiger partial charge in [-0.05, 0) is 11.1 Å². The summed E-state index contributed by atoms with van der Waals surface area (Å²) in [5.41, 5.74) is 7.11. The Labute approximate surface area is 157 Å². The number of nitrogen functional groups attached to an aromatic ring is 1. The Morgan fingerprint density at radius 3 is 2.64 bits per heavy atom. The highest BCUT2D eigenvalue weighted by Gasteiger charge is 2.15. The molecule has 0 amide bonds. The van der Waals surface area contributed by atoms with Gasteiger partial charge in [-0.2, -0.15) is 9.97 Å². The predicted molar refractivity (Wildman–Crippen MR) is 97.2 cm³/mol. The average molecular weight is 387 g/mol. The van der Waals surface area contributed by atoms with E-state index in [9.17, 15) is 14.4 Å². The zero-order chi connectivity index (χ0) is 20.3. The van der Waals surface area contributed by atoms with Crippen LogP contribution >= 0.6 is 0 Å². The van der Waals surface area contributed by atoms with Gasteiger partial charge in [-0.25, -0.2) is 4.79 Å². The molecule has 146 valence electrons. The van der Waals surface area contributed by atoms with Crippen molar-refractivity contribution in [2.24, 2.45) is 0 Å². The van der Waals surface area contributed by atoms with Gasteiger partial charge < -0.3 is 25.7 Å². The number of hydrogen-bond acceptors (Lipinski definition) is 7. The summed E-state index contributed by atoms with van der Waals surface area (Å²) in [5.74, 6) is -2.00. The fraction of sp³-hybridized carbons (Fsp3) is 0.235. The highest BCUT2D eigenvalue weighted by atomic mass is 16.5. The summed E-state index contributed by atoms with van der Waals surface area (Å²) in [6.45, 7) is -0.0243. The van der Waals surface area contributed by atoms with Crippen LogP contribution in [0.1, 0.15) is 17.5 Å². The molecule has 3 rings (SSSR count). The number of aromatic nitrogens is 4. The van der Waals surface area contributed by atoms with Crippen LogP contribution < -0.4 is 16.2 Å². The zero-order valence-corrected chi connectivity index (χ0v) is 14.6. The highest BCUT2D eigenvalue weighted by molar-refractivity contribution is 5.82. The van der Waals surface area contributed by atoms with Crippen LogP contribution in [0.2, 0.25) is 0 Å². The smallest absolute Gasteiger partial charge is 0.328 e. The lowest BCUT2D eigenvalue weighted by Gasteiger charge is -2.07. The van der Waals surface area contributed by atoms with Gasteiger partial charge in [-0.15, -0.1) is 0 Å². The third kappa shape index (κ3) is 4.26. The second kappa shape index (κ2) is 7.78. The molecule has 0 saturated carbocycles. The van der Waals surface area contributed by atoms with Crippen LogP contribution in [0, 0.1) is 0 Å². The topological polar surface area (TPSA) is 173 Å². The number of nitrogens with zero attached hydrogens (tertiary/aromatic N) is 3. The van der Waals surface area contributed by atoms with Crippen molar-refractivity contribution in [3.05, 3.63) is 45.9 Å². The Morgan fingerprint density at radius 2 is 1.93 bits per heavy atom. The van der Waals surface area contributed by atoms with Gasteiger partial charge in [0.2, 0.25) is 0 Å². The molecule has 2 aromatic heterocycles. The Balaban J connectivity index is 1.93. The first kappa shape index (κ1) is 18.9. The number of nitrogens with two attached hydrogens (primary N) is 1. The molecule has 2 heterocycles. The van der Waals surface area contributed by atoms with Crippen molar-refractivity contribution in [3.8, 4) is 6.01 Å². The number of nitrogens with one attached hydrogen (secondary N) is 1. The van der Waals surface area contributed by atoms with Crippen molar-refractivity contribution in [2.75, 3.05) is 12.3 Å². The molecular weight excluding hydrogens is 370 g/mol. The van der Waals surface area contributed by atoms with E-state index in [2.05, 4.69) is 15.0 Å². The van der Waals surface area contributed by atoms with E-state index in [4.69, 9.17) is 20.7 Å². The average Bonchev–Trinajstić information content (AvgIpc) is 2.91. The first-order valence-corrected chi connectivity index (χ1v) is 8.23. The Hall–Kier alpha value is -3.89. The number of hydrogen-bond donors (Lipinski definition) is 4. The molecule has 0 aliphatic heterocycles. The quantitative estimate of drug-likeness (QED) is 0.422. The second-order valence-electron chi connectivity index (χ2n) is 5.99. The Bertz CT molecular complexity index is 1100. The van der Waals surface area contributed by atoms with E-state index in [1.54, 1.807) is 24.3 Å². The normalized spacial score (nSPS) is 10.9. The number of carboxylic acids is 2. The summed E-state index contributed by atoms with van der Waals surface area (Å²) < 4.78 is 6.52. The minimum absolute atomic E-state index is 0.00852. The number of aromatic amines is 1. The van der Waals surface area contributed by atoms with Crippen LogP contribution in [-0.2, 0) is 22.6 Å². The molecule has 0 radical (unpaired) electrons. The molecule has 5 N–H and O–H groups in total. The predicted octanol–water partition coefficient (Wildman–Crippen LogP) is 0.231. The van der Waals surface area contributed by atoms with E-state index in [1.165, 1.54) is 4.57 Å². The van der Waals surface area contributed by atoms with Crippen LogP contribution in [0.25, 0.3) is 11.2 Å². The van der Waals surface area contributed by atoms with Gasteiger partial charge in [0.15, 0.2) is 11.5 Å². The number of carbonyl (C=O) groups is 2. The molecule has 0 unspecified atom stereocenters. The molecule has 3 aromatic rings. The third-order valence-electron chi connectivity index (χ3n) is 3.86. The van der Waals surface area contributed by atoms with Gasteiger partial charge in [0.25, 0.3) is 0 Å². The summed E-state index contributed by atoms with van der Waals surface area (Å²) >= 11 is 0. The van der Waals surface area contributed by atoms with Gasteiger partial charge in [0, 0.05) is 0 Å². The number of rotatable bonds is 8. The summed E-state index contributed by atoms with van der Waals surface area (Å²) in [7, 11) is 0. The van der Waals surface area contributed by atoms with Crippen LogP contribution in [0.5, 0.6) is 6.01 Å². The van der Waals surface area contributed by atoms with E-state index >= 15 is 0 Å². The van der Waals surface area contributed by atoms with Crippen molar-refractivity contribution in [2.45, 2.75) is 19.4 Å². The minimum Gasteiger partial charge on any atom is -0.481 e. The fourth-order valence-electron chi connectivity index (χ4n) is 2.67. The lowest BCUT2D eigenvalue weighted by atomic mass is 10.1. The van der Waals surface area contributed by atoms with Crippen LogP contribution in [0.15, 0.2) is 29.1 Å². The van der Waals surface area contributed by atoms with Gasteiger partial charge in [-0.3, -0.25) is 14.2 Å². The first-order chi connectivity index (χ1) is 13.3.